The number of amides is 4. The number of nitrogens with zero attached hydrogens (tertiary/aromatic N) is 2. The number of fused-ring (bicyclic) bond motifs is 2. The molecule has 0 aromatic rings. The van der Waals surface area contributed by atoms with E-state index >= 15 is 0 Å². The number of carbonyl (C=O) groups excluding carboxylic acids is 3. The van der Waals surface area contributed by atoms with Crippen molar-refractivity contribution in [2.75, 3.05) is 19.7 Å². The molecule has 5 atom stereocenters. The highest BCUT2D eigenvalue weighted by molar-refractivity contribution is 7.74. The first-order chi connectivity index (χ1) is 12.8. The molecule has 13 heteroatoms. The lowest BCUT2D eigenvalue weighted by atomic mass is 10.0. The Balaban J connectivity index is 1.43. The van der Waals surface area contributed by atoms with Crippen molar-refractivity contribution in [3.8, 4) is 0 Å². The minimum absolute atomic E-state index is 0.00206. The second kappa shape index (κ2) is 8.48. The Labute approximate surface area is 158 Å². The topological polar surface area (TPSA) is 164 Å². The zero-order valence-corrected chi connectivity index (χ0v) is 15.4. The third-order valence-electron chi connectivity index (χ3n) is 5.03. The van der Waals surface area contributed by atoms with Gasteiger partial charge < -0.3 is 16.0 Å². The molecule has 4 amide bonds. The van der Waals surface area contributed by atoms with E-state index in [0.29, 0.717) is 25.8 Å². The summed E-state index contributed by atoms with van der Waals surface area (Å²) in [7, 11) is 0. The molecule has 0 spiro atoms. The van der Waals surface area contributed by atoms with Gasteiger partial charge in [-0.05, 0) is 31.7 Å². The van der Waals surface area contributed by atoms with Gasteiger partial charge in [0, 0.05) is 19.0 Å². The minimum atomic E-state index is -2.60. The third-order valence-corrected chi connectivity index (χ3v) is 5.32. The van der Waals surface area contributed by atoms with Crippen molar-refractivity contribution < 1.29 is 32.3 Å². The van der Waals surface area contributed by atoms with E-state index in [-0.39, 0.29) is 37.1 Å². The number of primary amides is 1. The molecule has 3 rings (SSSR count). The van der Waals surface area contributed by atoms with E-state index in [1.165, 1.54) is 4.90 Å². The quantitative estimate of drug-likeness (QED) is 0.272. The number of hydrogen-bond donors (Lipinski definition) is 4. The van der Waals surface area contributed by atoms with Crippen molar-refractivity contribution in [2.45, 2.75) is 43.8 Å². The summed E-state index contributed by atoms with van der Waals surface area (Å²) in [6, 6.07) is -1.70. The molecule has 152 valence electrons. The SMILES string of the molecule is NC(=O)C[C@H]1CN[C@H](CONC(=O)C2CCC3CN2C(=O)N3OS(=O)O)C1. The molecule has 2 bridgehead atoms. The molecule has 3 aliphatic heterocycles. The van der Waals surface area contributed by atoms with Crippen LogP contribution in [0.5, 0.6) is 0 Å². The molecule has 0 aliphatic carbocycles. The van der Waals surface area contributed by atoms with Crippen molar-refractivity contribution in [2.24, 2.45) is 11.7 Å². The Morgan fingerprint density at radius 1 is 1.41 bits per heavy atom. The predicted octanol–water partition coefficient (Wildman–Crippen LogP) is -1.78. The zero-order valence-electron chi connectivity index (χ0n) is 14.5. The maximum Gasteiger partial charge on any atom is 0.346 e. The van der Waals surface area contributed by atoms with E-state index in [1.54, 1.807) is 0 Å². The molecular weight excluding hydrogens is 382 g/mol. The molecular formula is C14H23N5O7S. The monoisotopic (exact) mass is 405 g/mol. The molecule has 3 heterocycles. The molecule has 27 heavy (non-hydrogen) atoms. The highest BCUT2D eigenvalue weighted by Crippen LogP contribution is 2.30. The molecule has 0 saturated carbocycles. The van der Waals surface area contributed by atoms with Gasteiger partial charge in [-0.1, -0.05) is 0 Å². The molecule has 0 aromatic heterocycles. The van der Waals surface area contributed by atoms with Gasteiger partial charge in [0.15, 0.2) is 0 Å². The summed E-state index contributed by atoms with van der Waals surface area (Å²) in [5, 5.41) is 4.05. The lowest BCUT2D eigenvalue weighted by molar-refractivity contribution is -0.139. The first-order valence-corrected chi connectivity index (χ1v) is 9.70. The average Bonchev–Trinajstić information content (AvgIpc) is 3.12. The summed E-state index contributed by atoms with van der Waals surface area (Å²) in [5.41, 5.74) is 7.55. The van der Waals surface area contributed by atoms with Crippen molar-refractivity contribution in [3.05, 3.63) is 0 Å². The lowest BCUT2D eigenvalue weighted by Gasteiger charge is -2.29. The first kappa shape index (κ1) is 19.9. The van der Waals surface area contributed by atoms with Gasteiger partial charge in [-0.15, -0.1) is 4.28 Å². The van der Waals surface area contributed by atoms with Crippen LogP contribution in [0.3, 0.4) is 0 Å². The van der Waals surface area contributed by atoms with E-state index in [9.17, 15) is 18.6 Å². The highest BCUT2D eigenvalue weighted by atomic mass is 32.2. The van der Waals surface area contributed by atoms with Crippen LogP contribution in [0.4, 0.5) is 4.79 Å². The summed E-state index contributed by atoms with van der Waals surface area (Å²) in [4.78, 5) is 42.1. The van der Waals surface area contributed by atoms with Crippen molar-refractivity contribution >= 4 is 29.2 Å². The Morgan fingerprint density at radius 2 is 2.19 bits per heavy atom. The summed E-state index contributed by atoms with van der Waals surface area (Å²) in [5.74, 6) is -0.640. The molecule has 12 nitrogen and oxygen atoms in total. The van der Waals surface area contributed by atoms with Gasteiger partial charge in [0.05, 0.1) is 12.6 Å². The predicted molar refractivity (Wildman–Crippen MR) is 90.4 cm³/mol. The minimum Gasteiger partial charge on any atom is -0.370 e. The van der Waals surface area contributed by atoms with E-state index in [0.717, 1.165) is 11.5 Å². The number of nitrogens with two attached hydrogens (primary N) is 1. The molecule has 0 aromatic carbocycles. The standard InChI is InChI=1S/C14H23N5O7S/c15-12(20)4-8-3-9(16-5-8)7-25-17-13(21)11-2-1-10-6-18(11)14(22)19(10)26-27(23)24/h8-11,16H,1-7H2,(H2,15,20)(H,17,21)(H,23,24)/t8-,9-,10?,11?/m0/s1. The smallest absolute Gasteiger partial charge is 0.346 e. The number of carbonyl (C=O) groups is 3. The molecule has 3 aliphatic rings. The van der Waals surface area contributed by atoms with Crippen LogP contribution in [-0.4, -0.2) is 74.4 Å². The summed E-state index contributed by atoms with van der Waals surface area (Å²) in [6.45, 7) is 1.13. The Hall–Kier alpha value is -1.80. The van der Waals surface area contributed by atoms with E-state index in [1.807, 2.05) is 0 Å². The number of nitrogens with one attached hydrogen (secondary N) is 2. The summed E-state index contributed by atoms with van der Waals surface area (Å²) >= 11 is -2.60. The number of urea groups is 1. The normalized spacial score (nSPS) is 31.2. The van der Waals surface area contributed by atoms with E-state index in [4.69, 9.17) is 15.1 Å². The zero-order chi connectivity index (χ0) is 19.6. The number of hydroxylamine groups is 3. The molecule has 3 fully saturated rings. The van der Waals surface area contributed by atoms with Crippen LogP contribution in [0, 0.1) is 5.92 Å². The van der Waals surface area contributed by atoms with E-state index < -0.39 is 29.3 Å². The van der Waals surface area contributed by atoms with Crippen LogP contribution in [0.1, 0.15) is 25.7 Å². The van der Waals surface area contributed by atoms with Gasteiger partial charge in [0.25, 0.3) is 5.91 Å². The number of piperidine rings is 1. The Kier molecular flexibility index (Phi) is 6.26. The highest BCUT2D eigenvalue weighted by Gasteiger charge is 2.48. The second-order valence-electron chi connectivity index (χ2n) is 6.95. The van der Waals surface area contributed by atoms with Gasteiger partial charge in [-0.2, -0.15) is 9.27 Å². The fourth-order valence-corrected chi connectivity index (χ4v) is 4.14. The van der Waals surface area contributed by atoms with Gasteiger partial charge >= 0.3 is 17.4 Å². The Morgan fingerprint density at radius 3 is 2.89 bits per heavy atom. The maximum absolute atomic E-state index is 12.4. The van der Waals surface area contributed by atoms with Gasteiger partial charge in [0.1, 0.15) is 6.04 Å². The summed E-state index contributed by atoms with van der Waals surface area (Å²) in [6.07, 6.45) is 1.90. The maximum atomic E-state index is 12.4. The van der Waals surface area contributed by atoms with Crippen LogP contribution >= 0.6 is 0 Å². The fourth-order valence-electron chi connectivity index (χ4n) is 3.82. The summed E-state index contributed by atoms with van der Waals surface area (Å²) < 4.78 is 24.2. The molecule has 5 N–H and O–H groups in total. The van der Waals surface area contributed by atoms with Gasteiger partial charge in [-0.3, -0.25) is 19.0 Å². The lowest BCUT2D eigenvalue weighted by Crippen LogP contribution is -2.50. The van der Waals surface area contributed by atoms with Crippen molar-refractivity contribution in [1.82, 2.24) is 20.8 Å². The van der Waals surface area contributed by atoms with E-state index in [2.05, 4.69) is 15.1 Å². The van der Waals surface area contributed by atoms with Crippen molar-refractivity contribution in [3.63, 3.8) is 0 Å². The molecule has 3 unspecified atom stereocenters. The number of hydrogen-bond acceptors (Lipinski definition) is 7. The molecule has 3 saturated heterocycles. The van der Waals surface area contributed by atoms with Crippen LogP contribution < -0.4 is 16.5 Å². The average molecular weight is 405 g/mol. The van der Waals surface area contributed by atoms with Gasteiger partial charge in [0.2, 0.25) is 5.91 Å². The molecule has 0 radical (unpaired) electrons. The van der Waals surface area contributed by atoms with Gasteiger partial charge in [-0.25, -0.2) is 10.3 Å². The second-order valence-corrected chi connectivity index (χ2v) is 7.54. The van der Waals surface area contributed by atoms with Crippen LogP contribution in [0.15, 0.2) is 0 Å². The third kappa shape index (κ3) is 4.73. The van der Waals surface area contributed by atoms with Crippen LogP contribution in [-0.2, 0) is 30.1 Å². The Bertz CT molecular complexity index is 635. The van der Waals surface area contributed by atoms with Crippen molar-refractivity contribution in [1.29, 1.82) is 0 Å². The number of rotatable bonds is 8. The largest absolute Gasteiger partial charge is 0.370 e. The fraction of sp³-hybridized carbons (Fsp3) is 0.786. The van der Waals surface area contributed by atoms with Crippen LogP contribution in [0.2, 0.25) is 0 Å². The van der Waals surface area contributed by atoms with Crippen LogP contribution in [0.25, 0.3) is 0 Å². The first-order valence-electron chi connectivity index (χ1n) is 8.67.